The van der Waals surface area contributed by atoms with Gasteiger partial charge in [-0.25, -0.2) is 13.9 Å². The molecule has 0 aromatic heterocycles. The largest absolute Gasteiger partial charge is 0.494 e. The van der Waals surface area contributed by atoms with Crippen molar-refractivity contribution < 1.29 is 32.6 Å². The van der Waals surface area contributed by atoms with Crippen molar-refractivity contribution in [1.82, 2.24) is 5.48 Å². The summed E-state index contributed by atoms with van der Waals surface area (Å²) in [5, 5.41) is 8.02. The van der Waals surface area contributed by atoms with Crippen LogP contribution in [-0.4, -0.2) is 44.6 Å². The number of hydroxylamine groups is 1. The molecular weight excluding hydrogens is 482 g/mol. The summed E-state index contributed by atoms with van der Waals surface area (Å²) in [5.74, 6) is 0.865. The number of carbonyl (C=O) groups excluding carboxylic acids is 1. The molecule has 1 saturated carbocycles. The predicted molar refractivity (Wildman–Crippen MR) is 137 cm³/mol. The Morgan fingerprint density at radius 3 is 2.47 bits per heavy atom. The molecule has 1 unspecified atom stereocenters. The Morgan fingerprint density at radius 1 is 1.11 bits per heavy atom. The number of hydrogen-bond donors (Lipinski definition) is 2. The van der Waals surface area contributed by atoms with Gasteiger partial charge in [-0.2, -0.15) is 0 Å². The highest BCUT2D eigenvalue weighted by molar-refractivity contribution is 7.92. The van der Waals surface area contributed by atoms with E-state index in [0.29, 0.717) is 24.5 Å². The SMILES string of the molecule is CCCCOc1ccc(CCC(CC(=O)NO)S(=O)(=O)c2ccc(OC)c(OC3CCCC3)c2)cc1. The molecule has 0 radical (unpaired) electrons. The Bertz CT molecular complexity index is 1080. The first kappa shape index (κ1) is 27.8. The summed E-state index contributed by atoms with van der Waals surface area (Å²) < 4.78 is 44.4. The average molecular weight is 520 g/mol. The van der Waals surface area contributed by atoms with Gasteiger partial charge >= 0.3 is 0 Å². The molecule has 2 N–H and O–H groups in total. The van der Waals surface area contributed by atoms with E-state index in [2.05, 4.69) is 6.92 Å². The first-order valence-electron chi connectivity index (χ1n) is 12.6. The Balaban J connectivity index is 1.77. The monoisotopic (exact) mass is 519 g/mol. The number of ether oxygens (including phenoxy) is 3. The number of sulfone groups is 1. The summed E-state index contributed by atoms with van der Waals surface area (Å²) in [6.45, 7) is 2.75. The minimum atomic E-state index is -3.91. The van der Waals surface area contributed by atoms with Crippen molar-refractivity contribution in [2.24, 2.45) is 0 Å². The van der Waals surface area contributed by atoms with Gasteiger partial charge < -0.3 is 14.2 Å². The molecule has 198 valence electrons. The zero-order chi connectivity index (χ0) is 26.0. The Kier molecular flexibility index (Phi) is 10.4. The highest BCUT2D eigenvalue weighted by Gasteiger charge is 2.31. The van der Waals surface area contributed by atoms with E-state index < -0.39 is 21.0 Å². The minimum absolute atomic E-state index is 0.0294. The summed E-state index contributed by atoms with van der Waals surface area (Å²) in [6.07, 6.45) is 6.35. The maximum Gasteiger partial charge on any atom is 0.244 e. The molecule has 0 bridgehead atoms. The second-order valence-electron chi connectivity index (χ2n) is 9.13. The topological polar surface area (TPSA) is 111 Å². The molecule has 0 heterocycles. The quantitative estimate of drug-likeness (QED) is 0.208. The Morgan fingerprint density at radius 2 is 1.83 bits per heavy atom. The molecule has 8 nitrogen and oxygen atoms in total. The van der Waals surface area contributed by atoms with Crippen molar-refractivity contribution >= 4 is 15.7 Å². The van der Waals surface area contributed by atoms with Crippen LogP contribution in [0.1, 0.15) is 63.9 Å². The smallest absolute Gasteiger partial charge is 0.244 e. The van der Waals surface area contributed by atoms with Crippen LogP contribution in [0.25, 0.3) is 0 Å². The van der Waals surface area contributed by atoms with Crippen molar-refractivity contribution in [3.05, 3.63) is 48.0 Å². The minimum Gasteiger partial charge on any atom is -0.494 e. The second kappa shape index (κ2) is 13.5. The van der Waals surface area contributed by atoms with E-state index in [1.807, 2.05) is 24.3 Å². The van der Waals surface area contributed by atoms with Crippen LogP contribution in [-0.2, 0) is 21.1 Å². The van der Waals surface area contributed by atoms with Gasteiger partial charge in [-0.1, -0.05) is 25.5 Å². The van der Waals surface area contributed by atoms with E-state index in [0.717, 1.165) is 49.8 Å². The van der Waals surface area contributed by atoms with Crippen molar-refractivity contribution in [3.63, 3.8) is 0 Å². The molecule has 1 fully saturated rings. The molecule has 0 spiro atoms. The van der Waals surface area contributed by atoms with Crippen LogP contribution in [0.5, 0.6) is 17.2 Å². The summed E-state index contributed by atoms with van der Waals surface area (Å²) in [4.78, 5) is 12.1. The van der Waals surface area contributed by atoms with E-state index in [9.17, 15) is 13.2 Å². The number of amides is 1. The second-order valence-corrected chi connectivity index (χ2v) is 11.4. The number of benzene rings is 2. The van der Waals surface area contributed by atoms with Crippen LogP contribution >= 0.6 is 0 Å². The number of methoxy groups -OCH3 is 1. The zero-order valence-corrected chi connectivity index (χ0v) is 21.9. The Hall–Kier alpha value is -2.78. The third-order valence-corrected chi connectivity index (χ3v) is 8.67. The van der Waals surface area contributed by atoms with Crippen molar-refractivity contribution in [1.29, 1.82) is 0 Å². The maximum absolute atomic E-state index is 13.6. The van der Waals surface area contributed by atoms with Gasteiger partial charge in [-0.05, 0) is 74.8 Å². The summed E-state index contributed by atoms with van der Waals surface area (Å²) in [5.41, 5.74) is 2.50. The fourth-order valence-corrected chi connectivity index (χ4v) is 6.05. The predicted octanol–water partition coefficient (Wildman–Crippen LogP) is 4.87. The lowest BCUT2D eigenvalue weighted by atomic mass is 10.1. The van der Waals surface area contributed by atoms with Crippen LogP contribution in [0.15, 0.2) is 47.4 Å². The molecule has 0 saturated heterocycles. The van der Waals surface area contributed by atoms with Crippen LogP contribution in [0.3, 0.4) is 0 Å². The summed E-state index contributed by atoms with van der Waals surface area (Å²) >= 11 is 0. The highest BCUT2D eigenvalue weighted by Crippen LogP contribution is 2.35. The first-order chi connectivity index (χ1) is 17.4. The van der Waals surface area contributed by atoms with Crippen LogP contribution in [0.2, 0.25) is 0 Å². The van der Waals surface area contributed by atoms with Gasteiger partial charge in [0.25, 0.3) is 0 Å². The van der Waals surface area contributed by atoms with Gasteiger partial charge in [0.1, 0.15) is 5.75 Å². The molecule has 0 aliphatic heterocycles. The van der Waals surface area contributed by atoms with Gasteiger partial charge in [0.05, 0.1) is 30.0 Å². The van der Waals surface area contributed by atoms with E-state index in [4.69, 9.17) is 19.4 Å². The summed E-state index contributed by atoms with van der Waals surface area (Å²) in [7, 11) is -2.40. The maximum atomic E-state index is 13.6. The number of carbonyl (C=O) groups is 1. The molecule has 2 aromatic carbocycles. The van der Waals surface area contributed by atoms with E-state index in [1.165, 1.54) is 19.2 Å². The standard InChI is InChI=1S/C27H37NO7S/c1-3-4-17-34-21-12-9-20(10-13-21)11-14-24(19-27(29)28-30)36(31,32)23-15-16-25(33-2)26(18-23)35-22-7-5-6-8-22/h9-10,12-13,15-16,18,22,24,30H,3-8,11,14,17,19H2,1-2H3,(H,28,29). The molecule has 9 heteroatoms. The third-order valence-electron chi connectivity index (χ3n) is 6.48. The van der Waals surface area contributed by atoms with E-state index >= 15 is 0 Å². The van der Waals surface area contributed by atoms with Crippen LogP contribution in [0, 0.1) is 0 Å². The number of hydrogen-bond acceptors (Lipinski definition) is 7. The first-order valence-corrected chi connectivity index (χ1v) is 14.1. The number of unbranched alkanes of at least 4 members (excludes halogenated alkanes) is 1. The Labute approximate surface area is 213 Å². The molecule has 1 atom stereocenters. The van der Waals surface area contributed by atoms with E-state index in [1.54, 1.807) is 11.5 Å². The molecule has 3 rings (SSSR count). The van der Waals surface area contributed by atoms with Crippen molar-refractivity contribution in [2.75, 3.05) is 13.7 Å². The molecular formula is C27H37NO7S. The fourth-order valence-electron chi connectivity index (χ4n) is 4.34. The summed E-state index contributed by atoms with van der Waals surface area (Å²) in [6, 6.07) is 12.1. The van der Waals surface area contributed by atoms with Crippen molar-refractivity contribution in [3.8, 4) is 17.2 Å². The third kappa shape index (κ3) is 7.61. The number of nitrogens with one attached hydrogen (secondary N) is 1. The number of rotatable bonds is 14. The molecule has 1 aliphatic carbocycles. The number of aryl methyl sites for hydroxylation is 1. The van der Waals surface area contributed by atoms with Gasteiger partial charge in [0, 0.05) is 12.5 Å². The lowest BCUT2D eigenvalue weighted by molar-refractivity contribution is -0.129. The van der Waals surface area contributed by atoms with Crippen LogP contribution in [0.4, 0.5) is 0 Å². The molecule has 1 amide bonds. The molecule has 2 aromatic rings. The lowest BCUT2D eigenvalue weighted by Crippen LogP contribution is -2.30. The van der Waals surface area contributed by atoms with Gasteiger partial charge in [-0.3, -0.25) is 10.0 Å². The molecule has 36 heavy (non-hydrogen) atoms. The van der Waals surface area contributed by atoms with Crippen molar-refractivity contribution in [2.45, 2.75) is 81.0 Å². The lowest BCUT2D eigenvalue weighted by Gasteiger charge is -2.20. The van der Waals surface area contributed by atoms with Crippen LogP contribution < -0.4 is 19.7 Å². The molecule has 1 aliphatic rings. The fraction of sp³-hybridized carbons (Fsp3) is 0.519. The zero-order valence-electron chi connectivity index (χ0n) is 21.1. The van der Waals surface area contributed by atoms with Gasteiger partial charge in [0.15, 0.2) is 21.3 Å². The highest BCUT2D eigenvalue weighted by atomic mass is 32.2. The normalized spacial score (nSPS) is 14.9. The van der Waals surface area contributed by atoms with E-state index in [-0.39, 0.29) is 23.8 Å². The van der Waals surface area contributed by atoms with Gasteiger partial charge in [-0.15, -0.1) is 0 Å². The average Bonchev–Trinajstić information content (AvgIpc) is 3.40. The van der Waals surface area contributed by atoms with Gasteiger partial charge in [0.2, 0.25) is 5.91 Å².